The normalized spacial score (nSPS) is 25.2. The maximum absolute atomic E-state index is 12.2. The summed E-state index contributed by atoms with van der Waals surface area (Å²) in [4.78, 5) is 25.4. The first kappa shape index (κ1) is 15.0. The monoisotopic (exact) mass is 256 g/mol. The molecule has 5 heteroatoms. The number of amides is 1. The largest absolute Gasteiger partial charge is 0.479 e. The Kier molecular flexibility index (Phi) is 5.14. The molecular weight excluding hydrogens is 232 g/mol. The zero-order valence-corrected chi connectivity index (χ0v) is 11.3. The Morgan fingerprint density at radius 1 is 1.50 bits per heavy atom. The molecule has 0 aromatic rings. The average Bonchev–Trinajstić information content (AvgIpc) is 2.74. The standard InChI is InChI=1S/C13H24N2O3/c1-3-5-13(12(17)18)6-4-7-15(13)11(16)8-10(2)9-14/h10H,3-9,14H2,1-2H3,(H,17,18). The van der Waals surface area contributed by atoms with Gasteiger partial charge in [-0.3, -0.25) is 4.79 Å². The van der Waals surface area contributed by atoms with Gasteiger partial charge in [0.15, 0.2) is 0 Å². The zero-order chi connectivity index (χ0) is 13.8. The van der Waals surface area contributed by atoms with Crippen molar-refractivity contribution >= 4 is 11.9 Å². The molecule has 3 N–H and O–H groups in total. The third-order valence-electron chi connectivity index (χ3n) is 3.78. The number of carbonyl (C=O) groups is 2. The van der Waals surface area contributed by atoms with Crippen LogP contribution in [0.3, 0.4) is 0 Å². The Hall–Kier alpha value is -1.10. The van der Waals surface area contributed by atoms with Gasteiger partial charge in [0, 0.05) is 13.0 Å². The van der Waals surface area contributed by atoms with Crippen molar-refractivity contribution in [2.24, 2.45) is 11.7 Å². The Morgan fingerprint density at radius 3 is 2.67 bits per heavy atom. The van der Waals surface area contributed by atoms with Crippen LogP contribution < -0.4 is 5.73 Å². The highest BCUT2D eigenvalue weighted by molar-refractivity contribution is 5.87. The second kappa shape index (κ2) is 6.18. The van der Waals surface area contributed by atoms with Crippen molar-refractivity contribution in [3.8, 4) is 0 Å². The number of nitrogens with zero attached hydrogens (tertiary/aromatic N) is 1. The van der Waals surface area contributed by atoms with E-state index >= 15 is 0 Å². The lowest BCUT2D eigenvalue weighted by Crippen LogP contribution is -2.53. The van der Waals surface area contributed by atoms with E-state index in [1.165, 1.54) is 0 Å². The van der Waals surface area contributed by atoms with E-state index in [9.17, 15) is 14.7 Å². The molecule has 1 saturated heterocycles. The lowest BCUT2D eigenvalue weighted by Gasteiger charge is -2.35. The summed E-state index contributed by atoms with van der Waals surface area (Å²) in [6, 6.07) is 0. The van der Waals surface area contributed by atoms with Crippen LogP contribution in [0.5, 0.6) is 0 Å². The van der Waals surface area contributed by atoms with E-state index in [-0.39, 0.29) is 11.8 Å². The SMILES string of the molecule is CCCC1(C(=O)O)CCCN1C(=O)CC(C)CN. The number of hydrogen-bond donors (Lipinski definition) is 2. The van der Waals surface area contributed by atoms with Crippen molar-refractivity contribution < 1.29 is 14.7 Å². The molecule has 2 unspecified atom stereocenters. The summed E-state index contributed by atoms with van der Waals surface area (Å²) in [5.41, 5.74) is 4.55. The van der Waals surface area contributed by atoms with Gasteiger partial charge in [0.1, 0.15) is 5.54 Å². The first-order valence-electron chi connectivity index (χ1n) is 6.72. The molecular formula is C13H24N2O3. The van der Waals surface area contributed by atoms with Gasteiger partial charge in [0.25, 0.3) is 0 Å². The molecule has 1 aliphatic rings. The Bertz CT molecular complexity index is 319. The Morgan fingerprint density at radius 2 is 2.17 bits per heavy atom. The number of nitrogens with two attached hydrogens (primary N) is 1. The van der Waals surface area contributed by atoms with Crippen molar-refractivity contribution in [1.82, 2.24) is 4.90 Å². The summed E-state index contributed by atoms with van der Waals surface area (Å²) >= 11 is 0. The molecule has 0 saturated carbocycles. The molecule has 0 aromatic carbocycles. The van der Waals surface area contributed by atoms with Crippen LogP contribution >= 0.6 is 0 Å². The number of carboxylic acid groups (broad SMARTS) is 1. The maximum atomic E-state index is 12.2. The van der Waals surface area contributed by atoms with Gasteiger partial charge in [-0.15, -0.1) is 0 Å². The molecule has 0 radical (unpaired) electrons. The van der Waals surface area contributed by atoms with Gasteiger partial charge in [0.05, 0.1) is 0 Å². The lowest BCUT2D eigenvalue weighted by molar-refractivity contribution is -0.157. The maximum Gasteiger partial charge on any atom is 0.329 e. The van der Waals surface area contributed by atoms with E-state index in [2.05, 4.69) is 0 Å². The number of hydrogen-bond acceptors (Lipinski definition) is 3. The number of aliphatic carboxylic acids is 1. The van der Waals surface area contributed by atoms with Crippen molar-refractivity contribution in [3.63, 3.8) is 0 Å². The highest BCUT2D eigenvalue weighted by Crippen LogP contribution is 2.34. The Labute approximate surface area is 108 Å². The molecule has 1 amide bonds. The van der Waals surface area contributed by atoms with Gasteiger partial charge in [-0.05, 0) is 31.7 Å². The molecule has 18 heavy (non-hydrogen) atoms. The molecule has 2 atom stereocenters. The summed E-state index contributed by atoms with van der Waals surface area (Å²) in [6.45, 7) is 4.88. The fourth-order valence-electron chi connectivity index (χ4n) is 2.74. The van der Waals surface area contributed by atoms with E-state index in [0.717, 1.165) is 12.8 Å². The van der Waals surface area contributed by atoms with E-state index in [0.29, 0.717) is 32.4 Å². The first-order valence-corrected chi connectivity index (χ1v) is 6.72. The van der Waals surface area contributed by atoms with Crippen molar-refractivity contribution in [1.29, 1.82) is 0 Å². The average molecular weight is 256 g/mol. The minimum atomic E-state index is -0.972. The summed E-state index contributed by atoms with van der Waals surface area (Å²) in [5, 5.41) is 9.49. The third-order valence-corrected chi connectivity index (χ3v) is 3.78. The van der Waals surface area contributed by atoms with Crippen LogP contribution in [0.2, 0.25) is 0 Å². The summed E-state index contributed by atoms with van der Waals surface area (Å²) in [7, 11) is 0. The molecule has 1 aliphatic heterocycles. The van der Waals surface area contributed by atoms with Crippen LogP contribution in [-0.4, -0.2) is 40.5 Å². The molecule has 5 nitrogen and oxygen atoms in total. The Balaban J connectivity index is 2.84. The fraction of sp³-hybridized carbons (Fsp3) is 0.846. The van der Waals surface area contributed by atoms with Crippen LogP contribution in [0.1, 0.15) is 46.0 Å². The molecule has 104 valence electrons. The van der Waals surface area contributed by atoms with E-state index < -0.39 is 11.5 Å². The summed E-state index contributed by atoms with van der Waals surface area (Å²) in [6.07, 6.45) is 2.98. The second-order valence-electron chi connectivity index (χ2n) is 5.28. The minimum absolute atomic E-state index is 0.0682. The molecule has 0 bridgehead atoms. The number of carboxylic acids is 1. The van der Waals surface area contributed by atoms with Crippen LogP contribution in [0.25, 0.3) is 0 Å². The van der Waals surface area contributed by atoms with Crippen LogP contribution in [0.15, 0.2) is 0 Å². The van der Waals surface area contributed by atoms with Crippen molar-refractivity contribution in [2.75, 3.05) is 13.1 Å². The number of carbonyl (C=O) groups excluding carboxylic acids is 1. The molecule has 0 aromatic heterocycles. The fourth-order valence-corrected chi connectivity index (χ4v) is 2.74. The quantitative estimate of drug-likeness (QED) is 0.748. The van der Waals surface area contributed by atoms with Gasteiger partial charge in [-0.2, -0.15) is 0 Å². The van der Waals surface area contributed by atoms with Gasteiger partial charge in [-0.1, -0.05) is 20.3 Å². The van der Waals surface area contributed by atoms with Gasteiger partial charge in [-0.25, -0.2) is 4.79 Å². The van der Waals surface area contributed by atoms with Gasteiger partial charge >= 0.3 is 5.97 Å². The summed E-state index contributed by atoms with van der Waals surface area (Å²) < 4.78 is 0. The smallest absolute Gasteiger partial charge is 0.329 e. The lowest BCUT2D eigenvalue weighted by atomic mass is 9.90. The minimum Gasteiger partial charge on any atom is -0.479 e. The number of rotatable bonds is 6. The molecule has 1 heterocycles. The van der Waals surface area contributed by atoms with Gasteiger partial charge < -0.3 is 15.7 Å². The predicted octanol–water partition coefficient (Wildman–Crippen LogP) is 1.22. The first-order chi connectivity index (χ1) is 8.47. The van der Waals surface area contributed by atoms with Crippen LogP contribution in [-0.2, 0) is 9.59 Å². The zero-order valence-electron chi connectivity index (χ0n) is 11.3. The predicted molar refractivity (Wildman–Crippen MR) is 69.1 cm³/mol. The molecule has 0 spiro atoms. The molecule has 0 aliphatic carbocycles. The molecule has 1 fully saturated rings. The second-order valence-corrected chi connectivity index (χ2v) is 5.28. The van der Waals surface area contributed by atoms with Crippen molar-refractivity contribution in [3.05, 3.63) is 0 Å². The topological polar surface area (TPSA) is 83.6 Å². The molecule has 1 rings (SSSR count). The highest BCUT2D eigenvalue weighted by atomic mass is 16.4. The van der Waals surface area contributed by atoms with E-state index in [1.54, 1.807) is 4.90 Å². The number of likely N-dealkylation sites (tertiary alicyclic amines) is 1. The summed E-state index contributed by atoms with van der Waals surface area (Å²) in [5.74, 6) is -0.830. The van der Waals surface area contributed by atoms with Gasteiger partial charge in [0.2, 0.25) is 5.91 Å². The van der Waals surface area contributed by atoms with E-state index in [1.807, 2.05) is 13.8 Å². The van der Waals surface area contributed by atoms with Crippen LogP contribution in [0.4, 0.5) is 0 Å². The van der Waals surface area contributed by atoms with Crippen LogP contribution in [0, 0.1) is 5.92 Å². The highest BCUT2D eigenvalue weighted by Gasteiger charge is 2.48. The van der Waals surface area contributed by atoms with E-state index in [4.69, 9.17) is 5.73 Å². The van der Waals surface area contributed by atoms with Crippen molar-refractivity contribution in [2.45, 2.75) is 51.5 Å². The third kappa shape index (κ3) is 2.83.